The van der Waals surface area contributed by atoms with E-state index in [0.717, 1.165) is 12.1 Å². The van der Waals surface area contributed by atoms with Gasteiger partial charge < -0.3 is 15.0 Å². The van der Waals surface area contributed by atoms with Crippen molar-refractivity contribution < 1.29 is 27.9 Å². The number of nitrogens with one attached hydrogen (secondary N) is 1. The Hall–Kier alpha value is -3.29. The summed E-state index contributed by atoms with van der Waals surface area (Å²) in [5, 5.41) is 2.38. The molecule has 140 valence electrons. The Morgan fingerprint density at radius 3 is 2.48 bits per heavy atom. The lowest BCUT2D eigenvalue weighted by molar-refractivity contribution is -0.122. The summed E-state index contributed by atoms with van der Waals surface area (Å²) in [6.07, 6.45) is -0.0343. The molecule has 1 N–H and O–H groups in total. The summed E-state index contributed by atoms with van der Waals surface area (Å²) in [5.74, 6) is -3.59. The monoisotopic (exact) mass is 374 g/mol. The van der Waals surface area contributed by atoms with Crippen LogP contribution in [0.1, 0.15) is 16.8 Å². The Balaban J connectivity index is 1.69. The second-order valence-corrected chi connectivity index (χ2v) is 6.06. The predicted molar refractivity (Wildman–Crippen MR) is 93.2 cm³/mol. The van der Waals surface area contributed by atoms with Gasteiger partial charge in [-0.1, -0.05) is 0 Å². The lowest BCUT2D eigenvalue weighted by Crippen LogP contribution is -2.28. The molecule has 0 spiro atoms. The highest BCUT2D eigenvalue weighted by Crippen LogP contribution is 2.27. The van der Waals surface area contributed by atoms with Crippen LogP contribution in [-0.4, -0.2) is 31.4 Å². The fourth-order valence-corrected chi connectivity index (χ4v) is 2.85. The molecule has 0 saturated carbocycles. The Morgan fingerprint density at radius 2 is 1.85 bits per heavy atom. The summed E-state index contributed by atoms with van der Waals surface area (Å²) < 4.78 is 31.2. The van der Waals surface area contributed by atoms with Crippen LogP contribution in [0.3, 0.4) is 0 Å². The molecule has 0 bridgehead atoms. The number of ether oxygens (including phenoxy) is 1. The first-order valence-electron chi connectivity index (χ1n) is 8.13. The van der Waals surface area contributed by atoms with E-state index in [2.05, 4.69) is 10.1 Å². The van der Waals surface area contributed by atoms with E-state index >= 15 is 0 Å². The van der Waals surface area contributed by atoms with Gasteiger partial charge in [-0.25, -0.2) is 13.6 Å². The van der Waals surface area contributed by atoms with E-state index < -0.39 is 29.4 Å². The van der Waals surface area contributed by atoms with Crippen LogP contribution in [-0.2, 0) is 14.3 Å². The Morgan fingerprint density at radius 1 is 1.15 bits per heavy atom. The minimum Gasteiger partial charge on any atom is -0.465 e. The molecule has 1 atom stereocenters. The van der Waals surface area contributed by atoms with Crippen LogP contribution in [0.2, 0.25) is 0 Å². The number of hydrogen-bond acceptors (Lipinski definition) is 4. The van der Waals surface area contributed by atoms with Crippen LogP contribution in [0.25, 0.3) is 0 Å². The summed E-state index contributed by atoms with van der Waals surface area (Å²) >= 11 is 0. The molecule has 3 rings (SSSR count). The maximum atomic E-state index is 13.7. The summed E-state index contributed by atoms with van der Waals surface area (Å²) in [6.45, 7) is 0.116. The van der Waals surface area contributed by atoms with Crippen molar-refractivity contribution in [2.45, 2.75) is 6.42 Å². The van der Waals surface area contributed by atoms with Gasteiger partial charge in [0, 0.05) is 24.7 Å². The number of carbonyl (C=O) groups excluding carboxylic acids is 3. The minimum atomic E-state index is -0.886. The molecule has 6 nitrogen and oxygen atoms in total. The van der Waals surface area contributed by atoms with E-state index in [1.807, 2.05) is 0 Å². The van der Waals surface area contributed by atoms with Gasteiger partial charge in [0.15, 0.2) is 0 Å². The van der Waals surface area contributed by atoms with E-state index in [0.29, 0.717) is 17.3 Å². The van der Waals surface area contributed by atoms with Gasteiger partial charge in [0.25, 0.3) is 0 Å². The smallest absolute Gasteiger partial charge is 0.337 e. The van der Waals surface area contributed by atoms with Gasteiger partial charge in [-0.15, -0.1) is 0 Å². The van der Waals surface area contributed by atoms with Gasteiger partial charge in [0.05, 0.1) is 24.3 Å². The van der Waals surface area contributed by atoms with E-state index in [4.69, 9.17) is 0 Å². The van der Waals surface area contributed by atoms with Crippen LogP contribution in [0.15, 0.2) is 42.5 Å². The van der Waals surface area contributed by atoms with Crippen LogP contribution in [0.4, 0.5) is 20.2 Å². The van der Waals surface area contributed by atoms with Crippen molar-refractivity contribution in [1.82, 2.24) is 0 Å². The van der Waals surface area contributed by atoms with Crippen LogP contribution < -0.4 is 10.2 Å². The lowest BCUT2D eigenvalue weighted by Gasteiger charge is -2.17. The van der Waals surface area contributed by atoms with Crippen molar-refractivity contribution in [3.05, 3.63) is 59.7 Å². The Kier molecular flexibility index (Phi) is 5.16. The number of nitrogens with zero attached hydrogens (tertiary/aromatic N) is 1. The molecule has 27 heavy (non-hydrogen) atoms. The topological polar surface area (TPSA) is 75.7 Å². The van der Waals surface area contributed by atoms with Gasteiger partial charge >= 0.3 is 5.97 Å². The second kappa shape index (κ2) is 7.53. The van der Waals surface area contributed by atoms with Crippen molar-refractivity contribution in [3.8, 4) is 0 Å². The largest absolute Gasteiger partial charge is 0.465 e. The van der Waals surface area contributed by atoms with Gasteiger partial charge in [-0.3, -0.25) is 9.59 Å². The number of hydrogen-bond donors (Lipinski definition) is 1. The summed E-state index contributed by atoms with van der Waals surface area (Å²) in [7, 11) is 1.27. The highest BCUT2D eigenvalue weighted by Gasteiger charge is 2.35. The standard InChI is InChI=1S/C19H16F2N2O4/c1-27-19(26)11-2-5-14(6-3-11)23-10-12(8-17(23)24)18(25)22-16-7-4-13(20)9-15(16)21/h2-7,9,12H,8,10H2,1H3,(H,22,25). The molecule has 2 aromatic carbocycles. The Bertz CT molecular complexity index is 899. The molecule has 0 radical (unpaired) electrons. The zero-order chi connectivity index (χ0) is 19.6. The molecule has 2 aromatic rings. The number of benzene rings is 2. The van der Waals surface area contributed by atoms with Gasteiger partial charge in [0.2, 0.25) is 11.8 Å². The third kappa shape index (κ3) is 3.94. The number of carbonyl (C=O) groups is 3. The summed E-state index contributed by atoms with van der Waals surface area (Å²) in [4.78, 5) is 37.5. The SMILES string of the molecule is COC(=O)c1ccc(N2CC(C(=O)Nc3ccc(F)cc3F)CC2=O)cc1. The maximum Gasteiger partial charge on any atom is 0.337 e. The maximum absolute atomic E-state index is 13.7. The molecule has 0 aromatic heterocycles. The van der Waals surface area contributed by atoms with E-state index in [1.165, 1.54) is 24.1 Å². The molecule has 2 amide bonds. The average Bonchev–Trinajstić information content (AvgIpc) is 3.05. The quantitative estimate of drug-likeness (QED) is 0.835. The summed E-state index contributed by atoms with van der Waals surface area (Å²) in [5.41, 5.74) is 0.736. The lowest BCUT2D eigenvalue weighted by atomic mass is 10.1. The minimum absolute atomic E-state index is 0.0343. The zero-order valence-electron chi connectivity index (χ0n) is 14.4. The highest BCUT2D eigenvalue weighted by atomic mass is 19.1. The number of halogens is 2. The van der Waals surface area contributed by atoms with Crippen molar-refractivity contribution in [2.24, 2.45) is 5.92 Å². The zero-order valence-corrected chi connectivity index (χ0v) is 14.4. The van der Waals surface area contributed by atoms with Crippen LogP contribution >= 0.6 is 0 Å². The van der Waals surface area contributed by atoms with Crippen molar-refractivity contribution in [2.75, 3.05) is 23.9 Å². The highest BCUT2D eigenvalue weighted by molar-refractivity contribution is 6.03. The fourth-order valence-electron chi connectivity index (χ4n) is 2.85. The van der Waals surface area contributed by atoms with Crippen molar-refractivity contribution in [1.29, 1.82) is 0 Å². The third-order valence-corrected chi connectivity index (χ3v) is 4.28. The van der Waals surface area contributed by atoms with E-state index in [-0.39, 0.29) is 24.6 Å². The summed E-state index contributed by atoms with van der Waals surface area (Å²) in [6, 6.07) is 9.06. The molecule has 1 heterocycles. The average molecular weight is 374 g/mol. The van der Waals surface area contributed by atoms with Crippen LogP contribution in [0, 0.1) is 17.6 Å². The molecular weight excluding hydrogens is 358 g/mol. The predicted octanol–water partition coefficient (Wildman–Crippen LogP) is 2.74. The van der Waals surface area contributed by atoms with Gasteiger partial charge in [-0.2, -0.15) is 0 Å². The first-order valence-corrected chi connectivity index (χ1v) is 8.13. The molecule has 0 aliphatic carbocycles. The number of rotatable bonds is 4. The first kappa shape index (κ1) is 18.5. The van der Waals surface area contributed by atoms with Crippen LogP contribution in [0.5, 0.6) is 0 Å². The first-order chi connectivity index (χ1) is 12.9. The third-order valence-electron chi connectivity index (χ3n) is 4.28. The Labute approximate surface area is 153 Å². The normalized spacial score (nSPS) is 16.3. The number of methoxy groups -OCH3 is 1. The molecule has 1 unspecified atom stereocenters. The number of amides is 2. The van der Waals surface area contributed by atoms with E-state index in [1.54, 1.807) is 12.1 Å². The molecule has 1 saturated heterocycles. The van der Waals surface area contributed by atoms with Crippen molar-refractivity contribution in [3.63, 3.8) is 0 Å². The van der Waals surface area contributed by atoms with Gasteiger partial charge in [0.1, 0.15) is 11.6 Å². The molecule has 1 aliphatic heterocycles. The van der Waals surface area contributed by atoms with E-state index in [9.17, 15) is 23.2 Å². The second-order valence-electron chi connectivity index (χ2n) is 6.06. The van der Waals surface area contributed by atoms with Crippen molar-refractivity contribution >= 4 is 29.2 Å². The fraction of sp³-hybridized carbons (Fsp3) is 0.211. The molecule has 1 aliphatic rings. The molecular formula is C19H16F2N2O4. The number of esters is 1. The molecule has 8 heteroatoms. The number of anilines is 2. The van der Waals surface area contributed by atoms with Gasteiger partial charge in [-0.05, 0) is 36.4 Å². The molecule has 1 fully saturated rings.